The second-order valence-electron chi connectivity index (χ2n) is 2.61. The second kappa shape index (κ2) is 3.76. The van der Waals surface area contributed by atoms with Gasteiger partial charge >= 0.3 is 12.3 Å². The van der Waals surface area contributed by atoms with Gasteiger partial charge in [0.2, 0.25) is 0 Å². The molecule has 0 bridgehead atoms. The molecule has 0 heterocycles. The first-order valence-corrected chi connectivity index (χ1v) is 3.68. The Labute approximate surface area is 81.5 Å². The topological polar surface area (TPSA) is 40.5 Å². The predicted molar refractivity (Wildman–Crippen MR) is 43.1 cm³/mol. The molecular formula is C8H5F4NO2. The van der Waals surface area contributed by atoms with Gasteiger partial charge in [-0.3, -0.25) is 0 Å². The lowest BCUT2D eigenvalue weighted by Gasteiger charge is -2.09. The van der Waals surface area contributed by atoms with E-state index < -0.39 is 28.6 Å². The Morgan fingerprint density at radius 3 is 2.00 bits per heavy atom. The van der Waals surface area contributed by atoms with Crippen LogP contribution in [0.15, 0.2) is 24.3 Å². The van der Waals surface area contributed by atoms with Gasteiger partial charge in [-0.2, -0.15) is 13.2 Å². The van der Waals surface area contributed by atoms with Crippen LogP contribution in [0.5, 0.6) is 0 Å². The SMILES string of the molecule is O=C(O)N(F)c1ccc(C(F)(F)F)cc1. The third-order valence-electron chi connectivity index (χ3n) is 1.59. The monoisotopic (exact) mass is 223 g/mol. The third kappa shape index (κ3) is 2.58. The highest BCUT2D eigenvalue weighted by Crippen LogP contribution is 2.30. The van der Waals surface area contributed by atoms with E-state index in [1.54, 1.807) is 0 Å². The van der Waals surface area contributed by atoms with E-state index in [-0.39, 0.29) is 0 Å². The highest BCUT2D eigenvalue weighted by molar-refractivity contribution is 5.83. The van der Waals surface area contributed by atoms with E-state index in [0.717, 1.165) is 12.1 Å². The second-order valence-corrected chi connectivity index (χ2v) is 2.61. The van der Waals surface area contributed by atoms with Crippen LogP contribution in [0.1, 0.15) is 5.56 Å². The first kappa shape index (κ1) is 11.3. The van der Waals surface area contributed by atoms with Gasteiger partial charge in [0.25, 0.3) is 0 Å². The number of carbonyl (C=O) groups is 1. The zero-order valence-corrected chi connectivity index (χ0v) is 7.12. The standard InChI is InChI=1S/C8H5F4NO2/c9-8(10,11)5-1-3-6(4-2-5)13(12)7(14)15/h1-4H,(H,14,15). The summed E-state index contributed by atoms with van der Waals surface area (Å²) in [4.78, 5) is 10.1. The predicted octanol–water partition coefficient (Wildman–Crippen LogP) is 3.07. The minimum Gasteiger partial charge on any atom is -0.463 e. The minimum absolute atomic E-state index is 0.476. The summed E-state index contributed by atoms with van der Waals surface area (Å²) < 4.78 is 48.8. The Bertz CT molecular complexity index is 360. The normalized spacial score (nSPS) is 11.2. The first-order chi connectivity index (χ1) is 6.82. The van der Waals surface area contributed by atoms with Crippen molar-refractivity contribution >= 4 is 11.8 Å². The van der Waals surface area contributed by atoms with Crippen molar-refractivity contribution in [2.45, 2.75) is 6.18 Å². The number of hydrogen-bond donors (Lipinski definition) is 1. The molecule has 1 rings (SSSR count). The van der Waals surface area contributed by atoms with E-state index in [1.807, 2.05) is 0 Å². The molecule has 0 aromatic heterocycles. The summed E-state index contributed by atoms with van der Waals surface area (Å²) in [7, 11) is 0. The van der Waals surface area contributed by atoms with E-state index >= 15 is 0 Å². The number of rotatable bonds is 1. The van der Waals surface area contributed by atoms with E-state index in [9.17, 15) is 22.4 Å². The van der Waals surface area contributed by atoms with Crippen molar-refractivity contribution in [1.82, 2.24) is 0 Å². The zero-order chi connectivity index (χ0) is 11.6. The van der Waals surface area contributed by atoms with Crippen molar-refractivity contribution in [3.8, 4) is 0 Å². The van der Waals surface area contributed by atoms with Crippen LogP contribution in [0.4, 0.5) is 28.1 Å². The maximum atomic E-state index is 12.6. The number of amides is 1. The molecule has 0 unspecified atom stereocenters. The molecule has 7 heteroatoms. The summed E-state index contributed by atoms with van der Waals surface area (Å²) in [5.41, 5.74) is -1.44. The maximum absolute atomic E-state index is 12.6. The van der Waals surface area contributed by atoms with Crippen molar-refractivity contribution in [3.63, 3.8) is 0 Å². The lowest BCUT2D eigenvalue weighted by molar-refractivity contribution is -0.137. The van der Waals surface area contributed by atoms with E-state index in [1.165, 1.54) is 0 Å². The number of nitrogens with zero attached hydrogens (tertiary/aromatic N) is 1. The van der Waals surface area contributed by atoms with Crippen molar-refractivity contribution < 1.29 is 27.6 Å². The summed E-state index contributed by atoms with van der Waals surface area (Å²) in [5, 5.41) is 7.53. The zero-order valence-electron chi connectivity index (χ0n) is 7.12. The van der Waals surface area contributed by atoms with Gasteiger partial charge in [-0.15, -0.1) is 5.12 Å². The molecule has 15 heavy (non-hydrogen) atoms. The van der Waals surface area contributed by atoms with Gasteiger partial charge in [0.15, 0.2) is 0 Å². The Hall–Kier alpha value is -1.79. The first-order valence-electron chi connectivity index (χ1n) is 3.68. The fourth-order valence-electron chi connectivity index (χ4n) is 0.892. The fourth-order valence-corrected chi connectivity index (χ4v) is 0.892. The van der Waals surface area contributed by atoms with Crippen LogP contribution in [0.2, 0.25) is 0 Å². The Morgan fingerprint density at radius 1 is 1.20 bits per heavy atom. The molecule has 1 N–H and O–H groups in total. The summed E-state index contributed by atoms with van der Waals surface area (Å²) in [6.45, 7) is 0. The van der Waals surface area contributed by atoms with Gasteiger partial charge < -0.3 is 5.11 Å². The number of carboxylic acid groups (broad SMARTS) is 1. The van der Waals surface area contributed by atoms with Crippen molar-refractivity contribution in [2.75, 3.05) is 5.12 Å². The number of hydrogen-bond acceptors (Lipinski definition) is 1. The molecule has 1 amide bonds. The largest absolute Gasteiger partial charge is 0.463 e. The summed E-state index contributed by atoms with van der Waals surface area (Å²) >= 11 is 0. The molecule has 0 radical (unpaired) electrons. The molecule has 0 aliphatic rings. The fraction of sp³-hybridized carbons (Fsp3) is 0.125. The quantitative estimate of drug-likeness (QED) is 0.587. The average Bonchev–Trinajstić information content (AvgIpc) is 2.15. The van der Waals surface area contributed by atoms with Gasteiger partial charge in [0.05, 0.1) is 11.3 Å². The van der Waals surface area contributed by atoms with Crippen LogP contribution < -0.4 is 5.12 Å². The maximum Gasteiger partial charge on any atom is 0.440 e. The Morgan fingerprint density at radius 2 is 1.67 bits per heavy atom. The minimum atomic E-state index is -4.52. The molecule has 0 fully saturated rings. The number of anilines is 1. The lowest BCUT2D eigenvalue weighted by atomic mass is 10.2. The number of alkyl halides is 3. The van der Waals surface area contributed by atoms with Crippen LogP contribution in [0, 0.1) is 0 Å². The molecule has 82 valence electrons. The summed E-state index contributed by atoms with van der Waals surface area (Å²) in [6.07, 6.45) is -6.42. The van der Waals surface area contributed by atoms with Crippen LogP contribution in [0.3, 0.4) is 0 Å². The Balaban J connectivity index is 2.95. The Kier molecular flexibility index (Phi) is 2.83. The van der Waals surface area contributed by atoms with Gasteiger partial charge in [-0.1, -0.05) is 4.48 Å². The van der Waals surface area contributed by atoms with E-state index in [0.29, 0.717) is 12.1 Å². The van der Waals surface area contributed by atoms with Crippen LogP contribution in [-0.4, -0.2) is 11.2 Å². The number of benzene rings is 1. The molecule has 0 spiro atoms. The highest BCUT2D eigenvalue weighted by atomic mass is 19.4. The molecule has 1 aromatic carbocycles. The van der Waals surface area contributed by atoms with Crippen molar-refractivity contribution in [1.29, 1.82) is 0 Å². The summed E-state index contributed by atoms with van der Waals surface area (Å²) in [5.74, 6) is 0. The lowest BCUT2D eigenvalue weighted by Crippen LogP contribution is -2.19. The van der Waals surface area contributed by atoms with Crippen LogP contribution in [-0.2, 0) is 6.18 Å². The molecule has 3 nitrogen and oxygen atoms in total. The molecule has 0 saturated heterocycles. The molecule has 0 aliphatic carbocycles. The molecule has 0 atom stereocenters. The highest BCUT2D eigenvalue weighted by Gasteiger charge is 2.30. The van der Waals surface area contributed by atoms with Gasteiger partial charge in [0, 0.05) is 0 Å². The van der Waals surface area contributed by atoms with Gasteiger partial charge in [-0.25, -0.2) is 4.79 Å². The van der Waals surface area contributed by atoms with E-state index in [4.69, 9.17) is 5.11 Å². The van der Waals surface area contributed by atoms with E-state index in [2.05, 4.69) is 0 Å². The molecular weight excluding hydrogens is 218 g/mol. The molecule has 0 saturated carbocycles. The average molecular weight is 223 g/mol. The van der Waals surface area contributed by atoms with Gasteiger partial charge in [-0.05, 0) is 24.3 Å². The molecule has 0 aliphatic heterocycles. The van der Waals surface area contributed by atoms with Crippen molar-refractivity contribution in [2.24, 2.45) is 0 Å². The molecule has 1 aromatic rings. The third-order valence-corrected chi connectivity index (χ3v) is 1.59. The van der Waals surface area contributed by atoms with Gasteiger partial charge in [0.1, 0.15) is 0 Å². The smallest absolute Gasteiger partial charge is 0.440 e. The van der Waals surface area contributed by atoms with Crippen LogP contribution >= 0.6 is 0 Å². The number of halogens is 4. The summed E-state index contributed by atoms with van der Waals surface area (Å²) in [6, 6.07) is 2.67. The van der Waals surface area contributed by atoms with Crippen molar-refractivity contribution in [3.05, 3.63) is 29.8 Å². The van der Waals surface area contributed by atoms with Crippen LogP contribution in [0.25, 0.3) is 0 Å².